The van der Waals surface area contributed by atoms with Crippen molar-refractivity contribution in [3.05, 3.63) is 72.8 Å². The van der Waals surface area contributed by atoms with E-state index in [0.29, 0.717) is 0 Å². The second-order valence-electron chi connectivity index (χ2n) is 4.74. The summed E-state index contributed by atoms with van der Waals surface area (Å²) in [5.41, 5.74) is 0. The van der Waals surface area contributed by atoms with Crippen molar-refractivity contribution in [2.45, 2.75) is 5.76 Å². The third-order valence-electron chi connectivity index (χ3n) is 3.57. The molecule has 3 aromatic rings. The van der Waals surface area contributed by atoms with Gasteiger partial charge in [-0.3, -0.25) is 0 Å². The zero-order valence-electron chi connectivity index (χ0n) is 10.5. The van der Waals surface area contributed by atoms with Crippen molar-refractivity contribution in [1.29, 1.82) is 0 Å². The van der Waals surface area contributed by atoms with E-state index in [-0.39, 0.29) is 0 Å². The molecule has 0 aliphatic heterocycles. The average Bonchev–Trinajstić information content (AvgIpc) is 2.47. The number of fused-ring (bicyclic) bond motifs is 1. The number of hydrogen-bond acceptors (Lipinski definition) is 0. The van der Waals surface area contributed by atoms with Gasteiger partial charge in [-0.05, 0) is 0 Å². The second-order valence-corrected chi connectivity index (χ2v) is 10.6. The molecule has 1 atom stereocenters. The van der Waals surface area contributed by atoms with Crippen molar-refractivity contribution in [2.75, 3.05) is 0 Å². The standard InChI is InChI=1S/C17H16Ge/c1-18(16-9-3-2-4-10-16)17-12-11-14-7-5-6-8-15(14)13-17/h2-13,18H,1H3/t18-/m0/s1. The third kappa shape index (κ3) is 2.21. The van der Waals surface area contributed by atoms with Crippen molar-refractivity contribution in [2.24, 2.45) is 0 Å². The number of hydrogen-bond donors (Lipinski definition) is 0. The molecule has 0 aromatic heterocycles. The van der Waals surface area contributed by atoms with Crippen LogP contribution in [0, 0.1) is 0 Å². The first-order valence-corrected chi connectivity index (χ1v) is 11.2. The van der Waals surface area contributed by atoms with Crippen LogP contribution in [0.5, 0.6) is 0 Å². The van der Waals surface area contributed by atoms with Crippen molar-refractivity contribution in [1.82, 2.24) is 0 Å². The molecule has 3 aromatic carbocycles. The first kappa shape index (κ1) is 11.5. The molecular formula is C17H16Ge. The van der Waals surface area contributed by atoms with E-state index in [9.17, 15) is 0 Å². The van der Waals surface area contributed by atoms with E-state index in [1.54, 1.807) is 8.79 Å². The van der Waals surface area contributed by atoms with Crippen molar-refractivity contribution >= 4 is 33.9 Å². The summed E-state index contributed by atoms with van der Waals surface area (Å²) in [4.78, 5) is 0. The van der Waals surface area contributed by atoms with E-state index in [0.717, 1.165) is 0 Å². The van der Waals surface area contributed by atoms with Crippen molar-refractivity contribution < 1.29 is 0 Å². The minimum absolute atomic E-state index is 1.34. The Balaban J connectivity index is 2.04. The molecule has 3 rings (SSSR count). The van der Waals surface area contributed by atoms with Crippen LogP contribution in [0.15, 0.2) is 72.8 Å². The van der Waals surface area contributed by atoms with Gasteiger partial charge in [0.25, 0.3) is 0 Å². The molecule has 0 fully saturated rings. The summed E-state index contributed by atoms with van der Waals surface area (Å²) < 4.78 is 3.12. The van der Waals surface area contributed by atoms with Crippen LogP contribution in [0.4, 0.5) is 0 Å². The van der Waals surface area contributed by atoms with Crippen LogP contribution >= 0.6 is 0 Å². The van der Waals surface area contributed by atoms with Gasteiger partial charge in [0, 0.05) is 0 Å². The van der Waals surface area contributed by atoms with E-state index in [4.69, 9.17) is 0 Å². The zero-order chi connectivity index (χ0) is 12.4. The molecule has 0 amide bonds. The number of rotatable bonds is 2. The molecule has 0 saturated heterocycles. The Morgan fingerprint density at radius 3 is 2.06 bits per heavy atom. The fourth-order valence-electron chi connectivity index (χ4n) is 2.41. The van der Waals surface area contributed by atoms with Crippen LogP contribution in [0.25, 0.3) is 10.8 Å². The Morgan fingerprint density at radius 2 is 1.28 bits per heavy atom. The van der Waals surface area contributed by atoms with Gasteiger partial charge in [0.15, 0.2) is 0 Å². The molecule has 0 N–H and O–H groups in total. The molecule has 18 heavy (non-hydrogen) atoms. The summed E-state index contributed by atoms with van der Waals surface area (Å²) in [6.07, 6.45) is 0. The molecule has 0 aliphatic carbocycles. The van der Waals surface area contributed by atoms with Crippen LogP contribution in [-0.4, -0.2) is 14.3 Å². The van der Waals surface area contributed by atoms with Gasteiger partial charge < -0.3 is 0 Å². The first-order valence-electron chi connectivity index (χ1n) is 6.38. The van der Waals surface area contributed by atoms with Crippen molar-refractivity contribution in [3.8, 4) is 0 Å². The summed E-state index contributed by atoms with van der Waals surface area (Å²) in [6, 6.07) is 26.5. The molecule has 0 radical (unpaired) electrons. The quantitative estimate of drug-likeness (QED) is 0.637. The van der Waals surface area contributed by atoms with E-state index in [1.807, 2.05) is 0 Å². The average molecular weight is 293 g/mol. The van der Waals surface area contributed by atoms with Gasteiger partial charge in [0.05, 0.1) is 0 Å². The zero-order valence-corrected chi connectivity index (χ0v) is 12.9. The molecule has 0 bridgehead atoms. The molecule has 0 aliphatic rings. The molecule has 0 nitrogen and oxygen atoms in total. The third-order valence-corrected chi connectivity index (χ3v) is 9.33. The van der Waals surface area contributed by atoms with Gasteiger partial charge in [-0.2, -0.15) is 0 Å². The van der Waals surface area contributed by atoms with Gasteiger partial charge in [-0.15, -0.1) is 0 Å². The summed E-state index contributed by atoms with van der Waals surface area (Å²) in [7, 11) is 0. The summed E-state index contributed by atoms with van der Waals surface area (Å²) in [5.74, 6) is 2.45. The fourth-order valence-corrected chi connectivity index (χ4v) is 6.61. The molecular weight excluding hydrogens is 277 g/mol. The first-order chi connectivity index (χ1) is 8.84. The van der Waals surface area contributed by atoms with Gasteiger partial charge in [0.1, 0.15) is 0 Å². The molecule has 0 saturated carbocycles. The Hall–Kier alpha value is -1.54. The van der Waals surface area contributed by atoms with Crippen LogP contribution < -0.4 is 8.79 Å². The van der Waals surface area contributed by atoms with E-state index in [1.165, 1.54) is 10.8 Å². The molecule has 0 heterocycles. The summed E-state index contributed by atoms with van der Waals surface area (Å²) in [5, 5.41) is 2.70. The predicted molar refractivity (Wildman–Crippen MR) is 82.7 cm³/mol. The second kappa shape index (κ2) is 4.99. The van der Waals surface area contributed by atoms with Gasteiger partial charge >= 0.3 is 112 Å². The maximum atomic E-state index is 2.45. The fraction of sp³-hybridized carbons (Fsp3) is 0.0588. The van der Waals surface area contributed by atoms with Crippen molar-refractivity contribution in [3.63, 3.8) is 0 Å². The summed E-state index contributed by atoms with van der Waals surface area (Å²) >= 11 is -1.54. The Morgan fingerprint density at radius 1 is 0.611 bits per heavy atom. The Bertz CT molecular complexity index is 659. The SMILES string of the molecule is [CH3][Ge@@H]([c]1ccccc1)[c]1ccc2ccccc2c1. The van der Waals surface area contributed by atoms with Crippen LogP contribution in [-0.2, 0) is 0 Å². The van der Waals surface area contributed by atoms with E-state index >= 15 is 0 Å². The summed E-state index contributed by atoms with van der Waals surface area (Å²) in [6.45, 7) is 0. The normalized spacial score (nSPS) is 12.5. The van der Waals surface area contributed by atoms with Crippen LogP contribution in [0.1, 0.15) is 0 Å². The van der Waals surface area contributed by atoms with Gasteiger partial charge in [-0.25, -0.2) is 0 Å². The molecule has 0 spiro atoms. The number of benzene rings is 3. The molecule has 0 unspecified atom stereocenters. The van der Waals surface area contributed by atoms with Crippen LogP contribution in [0.3, 0.4) is 0 Å². The molecule has 88 valence electrons. The van der Waals surface area contributed by atoms with Gasteiger partial charge in [-0.1, -0.05) is 0 Å². The molecule has 1 heteroatoms. The minimum atomic E-state index is -1.54. The predicted octanol–water partition coefficient (Wildman–Crippen LogP) is 2.81. The maximum absolute atomic E-state index is 2.45. The van der Waals surface area contributed by atoms with E-state index in [2.05, 4.69) is 78.6 Å². The van der Waals surface area contributed by atoms with E-state index < -0.39 is 14.3 Å². The van der Waals surface area contributed by atoms with Crippen LogP contribution in [0.2, 0.25) is 5.76 Å². The Labute approximate surface area is 112 Å². The monoisotopic (exact) mass is 294 g/mol. The Kier molecular flexibility index (Phi) is 3.20. The van der Waals surface area contributed by atoms with Gasteiger partial charge in [0.2, 0.25) is 0 Å². The topological polar surface area (TPSA) is 0 Å².